The van der Waals surface area contributed by atoms with E-state index >= 15 is 0 Å². The molecule has 1 fully saturated rings. The molecule has 1 aliphatic rings. The van der Waals surface area contributed by atoms with Crippen molar-refractivity contribution >= 4 is 29.9 Å². The fourth-order valence-corrected chi connectivity index (χ4v) is 3.18. The second-order valence-electron chi connectivity index (χ2n) is 6.85. The summed E-state index contributed by atoms with van der Waals surface area (Å²) < 4.78 is 0. The van der Waals surface area contributed by atoms with Gasteiger partial charge in [-0.15, -0.1) is 24.0 Å². The van der Waals surface area contributed by atoms with Crippen molar-refractivity contribution in [2.24, 2.45) is 10.9 Å². The predicted octanol–water partition coefficient (Wildman–Crippen LogP) is 2.62. The third-order valence-electron chi connectivity index (χ3n) is 4.73. The van der Waals surface area contributed by atoms with Gasteiger partial charge in [-0.25, -0.2) is 0 Å². The van der Waals surface area contributed by atoms with Gasteiger partial charge < -0.3 is 20.4 Å². The number of guanidine groups is 1. The zero-order valence-corrected chi connectivity index (χ0v) is 18.8. The maximum absolute atomic E-state index is 4.80. The molecule has 144 valence electrons. The van der Waals surface area contributed by atoms with E-state index in [1.165, 1.54) is 38.9 Å². The number of rotatable bonds is 10. The lowest BCUT2D eigenvalue weighted by Gasteiger charge is -2.21. The van der Waals surface area contributed by atoms with Crippen LogP contribution in [0.2, 0.25) is 0 Å². The summed E-state index contributed by atoms with van der Waals surface area (Å²) in [6, 6.07) is 0.467. The lowest BCUT2D eigenvalue weighted by atomic mass is 10.1. The molecule has 2 unspecified atom stereocenters. The summed E-state index contributed by atoms with van der Waals surface area (Å²) in [7, 11) is 2.20. The van der Waals surface area contributed by atoms with Gasteiger partial charge in [-0.1, -0.05) is 13.8 Å². The van der Waals surface area contributed by atoms with Crippen molar-refractivity contribution in [2.45, 2.75) is 53.0 Å². The van der Waals surface area contributed by atoms with Gasteiger partial charge in [-0.05, 0) is 72.3 Å². The maximum atomic E-state index is 4.80. The Morgan fingerprint density at radius 2 is 2.00 bits per heavy atom. The summed E-state index contributed by atoms with van der Waals surface area (Å²) in [5.41, 5.74) is 0. The van der Waals surface area contributed by atoms with E-state index < -0.39 is 0 Å². The number of likely N-dealkylation sites (tertiary alicyclic amines) is 1. The molecule has 0 radical (unpaired) electrons. The first kappa shape index (κ1) is 23.9. The third kappa shape index (κ3) is 10.0. The van der Waals surface area contributed by atoms with Gasteiger partial charge in [-0.3, -0.25) is 4.99 Å². The Balaban J connectivity index is 0.00000529. The van der Waals surface area contributed by atoms with E-state index in [4.69, 9.17) is 4.99 Å². The Morgan fingerprint density at radius 1 is 1.29 bits per heavy atom. The van der Waals surface area contributed by atoms with Crippen LogP contribution in [0.15, 0.2) is 4.99 Å². The molecule has 6 heteroatoms. The van der Waals surface area contributed by atoms with Crippen LogP contribution in [0.3, 0.4) is 0 Å². The lowest BCUT2D eigenvalue weighted by Crippen LogP contribution is -2.42. The van der Waals surface area contributed by atoms with E-state index in [1.807, 2.05) is 0 Å². The van der Waals surface area contributed by atoms with Crippen LogP contribution in [0.1, 0.15) is 47.0 Å². The van der Waals surface area contributed by atoms with Gasteiger partial charge in [-0.2, -0.15) is 0 Å². The summed E-state index contributed by atoms with van der Waals surface area (Å²) in [4.78, 5) is 9.69. The fourth-order valence-electron chi connectivity index (χ4n) is 3.18. The molecule has 0 amide bonds. The first-order valence-corrected chi connectivity index (χ1v) is 9.54. The summed E-state index contributed by atoms with van der Waals surface area (Å²) >= 11 is 0. The molecule has 0 bridgehead atoms. The SMILES string of the molecule is CCNC(=NCC1CCN(C)C1)NC(C)CCCN(CC)CC.I. The zero-order chi connectivity index (χ0) is 17.1. The first-order chi connectivity index (χ1) is 11.1. The second kappa shape index (κ2) is 14.1. The van der Waals surface area contributed by atoms with Crippen LogP contribution in [-0.4, -0.2) is 74.7 Å². The summed E-state index contributed by atoms with van der Waals surface area (Å²) in [6.45, 7) is 16.6. The first-order valence-electron chi connectivity index (χ1n) is 9.54. The molecule has 0 saturated carbocycles. The Morgan fingerprint density at radius 3 is 2.54 bits per heavy atom. The Kier molecular flexibility index (Phi) is 14.1. The molecule has 2 atom stereocenters. The minimum atomic E-state index is 0. The highest BCUT2D eigenvalue weighted by Gasteiger charge is 2.19. The van der Waals surface area contributed by atoms with Crippen molar-refractivity contribution in [2.75, 3.05) is 52.9 Å². The lowest BCUT2D eigenvalue weighted by molar-refractivity contribution is 0.292. The van der Waals surface area contributed by atoms with Crippen LogP contribution in [0.5, 0.6) is 0 Å². The van der Waals surface area contributed by atoms with Crippen molar-refractivity contribution in [1.82, 2.24) is 20.4 Å². The van der Waals surface area contributed by atoms with Crippen molar-refractivity contribution < 1.29 is 0 Å². The number of aliphatic imine (C=N–C) groups is 1. The minimum absolute atomic E-state index is 0. The van der Waals surface area contributed by atoms with Gasteiger partial charge in [0.15, 0.2) is 5.96 Å². The molecule has 0 spiro atoms. The van der Waals surface area contributed by atoms with Crippen molar-refractivity contribution in [3.8, 4) is 0 Å². The number of nitrogens with one attached hydrogen (secondary N) is 2. The maximum Gasteiger partial charge on any atom is 0.191 e. The van der Waals surface area contributed by atoms with Crippen LogP contribution in [0.25, 0.3) is 0 Å². The van der Waals surface area contributed by atoms with Gasteiger partial charge in [0.25, 0.3) is 0 Å². The standard InChI is InChI=1S/C18H39N5.HI/c1-6-19-18(20-14-17-11-13-22(5)15-17)21-16(4)10-9-12-23(7-2)8-3;/h16-17H,6-15H2,1-5H3,(H2,19,20,21);1H. The number of hydrogen-bond donors (Lipinski definition) is 2. The summed E-state index contributed by atoms with van der Waals surface area (Å²) in [5.74, 6) is 1.70. The smallest absolute Gasteiger partial charge is 0.191 e. The number of nitrogens with zero attached hydrogens (tertiary/aromatic N) is 3. The molecule has 0 aliphatic carbocycles. The molecule has 1 rings (SSSR count). The molecular formula is C18H40IN5. The Labute approximate surface area is 167 Å². The second-order valence-corrected chi connectivity index (χ2v) is 6.85. The van der Waals surface area contributed by atoms with Crippen LogP contribution in [0.4, 0.5) is 0 Å². The molecule has 0 aromatic carbocycles. The summed E-state index contributed by atoms with van der Waals surface area (Å²) in [5, 5.41) is 6.95. The van der Waals surface area contributed by atoms with E-state index in [0.29, 0.717) is 12.0 Å². The summed E-state index contributed by atoms with van der Waals surface area (Å²) in [6.07, 6.45) is 3.70. The monoisotopic (exact) mass is 453 g/mol. The molecule has 1 saturated heterocycles. The van der Waals surface area contributed by atoms with Crippen molar-refractivity contribution in [3.63, 3.8) is 0 Å². The topological polar surface area (TPSA) is 42.9 Å². The Bertz CT molecular complexity index is 333. The fraction of sp³-hybridized carbons (Fsp3) is 0.944. The molecule has 1 heterocycles. The van der Waals surface area contributed by atoms with Gasteiger partial charge in [0, 0.05) is 25.7 Å². The molecule has 5 nitrogen and oxygen atoms in total. The molecule has 0 aromatic rings. The van der Waals surface area contributed by atoms with Gasteiger partial charge >= 0.3 is 0 Å². The van der Waals surface area contributed by atoms with Crippen LogP contribution >= 0.6 is 24.0 Å². The van der Waals surface area contributed by atoms with E-state index in [-0.39, 0.29) is 24.0 Å². The minimum Gasteiger partial charge on any atom is -0.357 e. The van der Waals surface area contributed by atoms with E-state index in [0.717, 1.165) is 32.1 Å². The normalized spacial score (nSPS) is 20.1. The van der Waals surface area contributed by atoms with Gasteiger partial charge in [0.2, 0.25) is 0 Å². The number of halogens is 1. The third-order valence-corrected chi connectivity index (χ3v) is 4.73. The van der Waals surface area contributed by atoms with E-state index in [2.05, 4.69) is 55.2 Å². The highest BCUT2D eigenvalue weighted by atomic mass is 127. The van der Waals surface area contributed by atoms with Crippen molar-refractivity contribution in [3.05, 3.63) is 0 Å². The average Bonchev–Trinajstić information content (AvgIpc) is 2.95. The van der Waals surface area contributed by atoms with Crippen LogP contribution < -0.4 is 10.6 Å². The van der Waals surface area contributed by atoms with Crippen molar-refractivity contribution in [1.29, 1.82) is 0 Å². The zero-order valence-electron chi connectivity index (χ0n) is 16.5. The highest BCUT2D eigenvalue weighted by Crippen LogP contribution is 2.14. The number of hydrogen-bond acceptors (Lipinski definition) is 3. The van der Waals surface area contributed by atoms with E-state index in [1.54, 1.807) is 0 Å². The van der Waals surface area contributed by atoms with Gasteiger partial charge in [0.1, 0.15) is 0 Å². The molecule has 1 aliphatic heterocycles. The predicted molar refractivity (Wildman–Crippen MR) is 117 cm³/mol. The van der Waals surface area contributed by atoms with Gasteiger partial charge in [0.05, 0.1) is 0 Å². The molecular weight excluding hydrogens is 413 g/mol. The highest BCUT2D eigenvalue weighted by molar-refractivity contribution is 14.0. The van der Waals surface area contributed by atoms with E-state index in [9.17, 15) is 0 Å². The van der Waals surface area contributed by atoms with Crippen LogP contribution in [0, 0.1) is 5.92 Å². The average molecular weight is 453 g/mol. The Hall–Kier alpha value is -0.0800. The molecule has 24 heavy (non-hydrogen) atoms. The van der Waals surface area contributed by atoms with Crippen LogP contribution in [-0.2, 0) is 0 Å². The molecule has 0 aromatic heterocycles. The largest absolute Gasteiger partial charge is 0.357 e. The quantitative estimate of drug-likeness (QED) is 0.303. The molecule has 2 N–H and O–H groups in total.